The summed E-state index contributed by atoms with van der Waals surface area (Å²) in [7, 11) is 0. The van der Waals surface area contributed by atoms with Crippen LogP contribution in [0, 0.1) is 20.8 Å². The van der Waals surface area contributed by atoms with Gasteiger partial charge in [0, 0.05) is 5.56 Å². The number of aromatic nitrogens is 2. The summed E-state index contributed by atoms with van der Waals surface area (Å²) in [4.78, 5) is 0. The Hall–Kier alpha value is -1.78. The quantitative estimate of drug-likeness (QED) is 0.747. The van der Waals surface area contributed by atoms with Gasteiger partial charge in [-0.2, -0.15) is 0 Å². The zero-order valence-electron chi connectivity index (χ0n) is 8.29. The zero-order chi connectivity index (χ0) is 10.3. The van der Waals surface area contributed by atoms with E-state index in [1.165, 1.54) is 0 Å². The first-order chi connectivity index (χ1) is 6.59. The van der Waals surface area contributed by atoms with Gasteiger partial charge in [-0.3, -0.25) is 0 Å². The minimum Gasteiger partial charge on any atom is -0.466 e. The van der Waals surface area contributed by atoms with E-state index in [9.17, 15) is 0 Å². The normalized spacial score (nSPS) is 10.8. The number of furan rings is 1. The molecule has 0 atom stereocenters. The predicted molar refractivity (Wildman–Crippen MR) is 50.6 cm³/mol. The molecule has 5 nitrogen and oxygen atoms in total. The van der Waals surface area contributed by atoms with Gasteiger partial charge in [0.1, 0.15) is 11.5 Å². The molecule has 2 N–H and O–H groups in total. The van der Waals surface area contributed by atoms with E-state index in [4.69, 9.17) is 14.6 Å². The van der Waals surface area contributed by atoms with Crippen molar-refractivity contribution < 1.29 is 8.83 Å². The van der Waals surface area contributed by atoms with Crippen LogP contribution in [0.3, 0.4) is 0 Å². The van der Waals surface area contributed by atoms with E-state index in [0.29, 0.717) is 5.89 Å². The van der Waals surface area contributed by atoms with Crippen LogP contribution < -0.4 is 5.73 Å². The fraction of sp³-hybridized carbons (Fsp3) is 0.333. The summed E-state index contributed by atoms with van der Waals surface area (Å²) < 4.78 is 10.6. The van der Waals surface area contributed by atoms with E-state index < -0.39 is 0 Å². The third-order valence-electron chi connectivity index (χ3n) is 2.22. The number of hydrogen-bond donors (Lipinski definition) is 1. The summed E-state index contributed by atoms with van der Waals surface area (Å²) in [5.41, 5.74) is 7.20. The molecule has 0 fully saturated rings. The molecule has 0 aromatic carbocycles. The van der Waals surface area contributed by atoms with Crippen LogP contribution in [-0.4, -0.2) is 10.2 Å². The van der Waals surface area contributed by atoms with E-state index in [2.05, 4.69) is 10.2 Å². The average Bonchev–Trinajstić information content (AvgIpc) is 2.60. The number of nitrogens with two attached hydrogens (primary N) is 1. The van der Waals surface area contributed by atoms with Crippen molar-refractivity contribution in [2.24, 2.45) is 0 Å². The van der Waals surface area contributed by atoms with Crippen LogP contribution in [0.25, 0.3) is 11.5 Å². The van der Waals surface area contributed by atoms with E-state index in [0.717, 1.165) is 22.6 Å². The molecule has 2 aromatic rings. The molecule has 0 amide bonds. The largest absolute Gasteiger partial charge is 0.466 e. The highest BCUT2D eigenvalue weighted by molar-refractivity contribution is 5.62. The number of nitrogen functional groups attached to an aromatic ring is 1. The lowest BCUT2D eigenvalue weighted by Gasteiger charge is -1.92. The van der Waals surface area contributed by atoms with Crippen LogP contribution in [0.15, 0.2) is 8.83 Å². The van der Waals surface area contributed by atoms with Crippen molar-refractivity contribution in [1.82, 2.24) is 10.2 Å². The second kappa shape index (κ2) is 2.87. The van der Waals surface area contributed by atoms with Crippen LogP contribution in [0.5, 0.6) is 0 Å². The number of anilines is 1. The van der Waals surface area contributed by atoms with E-state index >= 15 is 0 Å². The molecule has 0 saturated carbocycles. The van der Waals surface area contributed by atoms with Gasteiger partial charge in [0.2, 0.25) is 0 Å². The van der Waals surface area contributed by atoms with E-state index in [1.807, 2.05) is 20.8 Å². The first-order valence-corrected chi connectivity index (χ1v) is 4.25. The fourth-order valence-electron chi connectivity index (χ4n) is 1.44. The molecular formula is C9H11N3O2. The summed E-state index contributed by atoms with van der Waals surface area (Å²) >= 11 is 0. The van der Waals surface area contributed by atoms with Gasteiger partial charge in [0.05, 0.1) is 5.56 Å². The average molecular weight is 193 g/mol. The Labute approximate surface area is 80.9 Å². The minimum absolute atomic E-state index is 0.0673. The van der Waals surface area contributed by atoms with Gasteiger partial charge in [0.15, 0.2) is 0 Å². The summed E-state index contributed by atoms with van der Waals surface area (Å²) in [6.45, 7) is 5.70. The van der Waals surface area contributed by atoms with Gasteiger partial charge in [-0.25, -0.2) is 0 Å². The highest BCUT2D eigenvalue weighted by Gasteiger charge is 2.17. The Morgan fingerprint density at radius 2 is 1.71 bits per heavy atom. The topological polar surface area (TPSA) is 78.1 Å². The number of hydrogen-bond acceptors (Lipinski definition) is 5. The molecule has 5 heteroatoms. The first-order valence-electron chi connectivity index (χ1n) is 4.25. The van der Waals surface area contributed by atoms with Crippen molar-refractivity contribution in [1.29, 1.82) is 0 Å². The van der Waals surface area contributed by atoms with Crippen LogP contribution in [0.2, 0.25) is 0 Å². The van der Waals surface area contributed by atoms with Gasteiger partial charge in [-0.05, 0) is 20.8 Å². The highest BCUT2D eigenvalue weighted by Crippen LogP contribution is 2.30. The molecular weight excluding hydrogens is 182 g/mol. The SMILES string of the molecule is Cc1oc(C)c(-c2nnc(N)o2)c1C. The Balaban J connectivity index is 2.61. The van der Waals surface area contributed by atoms with Crippen molar-refractivity contribution in [3.8, 4) is 11.5 Å². The van der Waals surface area contributed by atoms with Crippen LogP contribution in [0.1, 0.15) is 17.1 Å². The maximum Gasteiger partial charge on any atom is 0.313 e. The monoisotopic (exact) mass is 193 g/mol. The van der Waals surface area contributed by atoms with Gasteiger partial charge in [0.25, 0.3) is 5.89 Å². The molecule has 0 bridgehead atoms. The first kappa shape index (κ1) is 8.80. The number of rotatable bonds is 1. The van der Waals surface area contributed by atoms with Crippen molar-refractivity contribution in [3.63, 3.8) is 0 Å². The van der Waals surface area contributed by atoms with Crippen molar-refractivity contribution in [2.45, 2.75) is 20.8 Å². The Morgan fingerprint density at radius 1 is 1.00 bits per heavy atom. The highest BCUT2D eigenvalue weighted by atomic mass is 16.4. The lowest BCUT2D eigenvalue weighted by Crippen LogP contribution is -1.81. The molecule has 0 aliphatic carbocycles. The lowest BCUT2D eigenvalue weighted by atomic mass is 10.1. The lowest BCUT2D eigenvalue weighted by molar-refractivity contribution is 0.501. The van der Waals surface area contributed by atoms with Crippen molar-refractivity contribution >= 4 is 6.01 Å². The number of nitrogens with zero attached hydrogens (tertiary/aromatic N) is 2. The van der Waals surface area contributed by atoms with Gasteiger partial charge in [-0.15, -0.1) is 5.10 Å². The molecule has 0 spiro atoms. The Kier molecular flexibility index (Phi) is 1.80. The standard InChI is InChI=1S/C9H11N3O2/c1-4-5(2)13-6(3)7(4)8-11-12-9(10)14-8/h1-3H3,(H2,10,12). The van der Waals surface area contributed by atoms with Crippen LogP contribution >= 0.6 is 0 Å². The fourth-order valence-corrected chi connectivity index (χ4v) is 1.44. The minimum atomic E-state index is 0.0673. The molecule has 0 saturated heterocycles. The third-order valence-corrected chi connectivity index (χ3v) is 2.22. The second-order valence-electron chi connectivity index (χ2n) is 3.16. The Bertz CT molecular complexity index is 470. The van der Waals surface area contributed by atoms with Crippen LogP contribution in [0.4, 0.5) is 6.01 Å². The molecule has 0 unspecified atom stereocenters. The van der Waals surface area contributed by atoms with E-state index in [1.54, 1.807) is 0 Å². The Morgan fingerprint density at radius 3 is 2.14 bits per heavy atom. The summed E-state index contributed by atoms with van der Waals surface area (Å²) in [6.07, 6.45) is 0. The van der Waals surface area contributed by atoms with Crippen molar-refractivity contribution in [3.05, 3.63) is 17.1 Å². The zero-order valence-corrected chi connectivity index (χ0v) is 8.29. The molecule has 0 aliphatic heterocycles. The molecule has 14 heavy (non-hydrogen) atoms. The maximum atomic E-state index is 5.44. The van der Waals surface area contributed by atoms with Crippen molar-refractivity contribution in [2.75, 3.05) is 5.73 Å². The molecule has 2 aromatic heterocycles. The molecule has 0 aliphatic rings. The molecule has 74 valence electrons. The summed E-state index contributed by atoms with van der Waals surface area (Å²) in [5.74, 6) is 2.03. The van der Waals surface area contributed by atoms with Gasteiger partial charge in [-0.1, -0.05) is 5.10 Å². The number of aryl methyl sites for hydroxylation is 2. The third kappa shape index (κ3) is 1.17. The maximum absolute atomic E-state index is 5.44. The summed E-state index contributed by atoms with van der Waals surface area (Å²) in [6, 6.07) is 0.0673. The van der Waals surface area contributed by atoms with Gasteiger partial charge >= 0.3 is 6.01 Å². The summed E-state index contributed by atoms with van der Waals surface area (Å²) in [5, 5.41) is 7.42. The smallest absolute Gasteiger partial charge is 0.313 e. The van der Waals surface area contributed by atoms with Crippen LogP contribution in [-0.2, 0) is 0 Å². The van der Waals surface area contributed by atoms with Gasteiger partial charge < -0.3 is 14.6 Å². The molecule has 2 rings (SSSR count). The second-order valence-corrected chi connectivity index (χ2v) is 3.16. The predicted octanol–water partition coefficient (Wildman–Crippen LogP) is 1.84. The van der Waals surface area contributed by atoms with E-state index in [-0.39, 0.29) is 6.01 Å². The molecule has 0 radical (unpaired) electrons. The molecule has 2 heterocycles.